The fourth-order valence-corrected chi connectivity index (χ4v) is 2.87. The van der Waals surface area contributed by atoms with E-state index < -0.39 is 0 Å². The van der Waals surface area contributed by atoms with Crippen LogP contribution in [0.15, 0.2) is 18.2 Å². The molecule has 1 aromatic carbocycles. The Morgan fingerprint density at radius 2 is 2.09 bits per heavy atom. The van der Waals surface area contributed by atoms with Gasteiger partial charge in [0.15, 0.2) is 6.61 Å². The maximum Gasteiger partial charge on any atom is 0.265 e. The summed E-state index contributed by atoms with van der Waals surface area (Å²) >= 11 is 6.00. The van der Waals surface area contributed by atoms with Gasteiger partial charge < -0.3 is 19.9 Å². The van der Waals surface area contributed by atoms with Crippen LogP contribution in [0.1, 0.15) is 6.42 Å². The fourth-order valence-electron chi connectivity index (χ4n) is 2.70. The van der Waals surface area contributed by atoms with Crippen molar-refractivity contribution in [2.45, 2.75) is 6.42 Å². The Kier molecular flexibility index (Phi) is 4.49. The molecular formula is C15H18ClN3O3. The van der Waals surface area contributed by atoms with Gasteiger partial charge in [0.1, 0.15) is 5.75 Å². The molecule has 118 valence electrons. The van der Waals surface area contributed by atoms with Crippen LogP contribution >= 0.6 is 11.6 Å². The molecule has 2 heterocycles. The summed E-state index contributed by atoms with van der Waals surface area (Å²) in [6.07, 6.45) is 0.303. The SMILES string of the molecule is O=C(CCN1C(=O)COc2ccc(Cl)cc21)N1CCNCC1. The number of anilines is 1. The van der Waals surface area contributed by atoms with Crippen molar-refractivity contribution in [2.75, 3.05) is 44.2 Å². The van der Waals surface area contributed by atoms with E-state index in [0.29, 0.717) is 29.4 Å². The minimum Gasteiger partial charge on any atom is -0.482 e. The first-order valence-corrected chi connectivity index (χ1v) is 7.74. The van der Waals surface area contributed by atoms with Crippen molar-refractivity contribution in [3.63, 3.8) is 0 Å². The molecule has 1 N–H and O–H groups in total. The van der Waals surface area contributed by atoms with Gasteiger partial charge in [0.25, 0.3) is 5.91 Å². The number of rotatable bonds is 3. The molecule has 0 radical (unpaired) electrons. The number of benzene rings is 1. The van der Waals surface area contributed by atoms with Crippen LogP contribution in [0.25, 0.3) is 0 Å². The molecular weight excluding hydrogens is 306 g/mol. The van der Waals surface area contributed by atoms with Gasteiger partial charge >= 0.3 is 0 Å². The van der Waals surface area contributed by atoms with Gasteiger partial charge in [-0.3, -0.25) is 9.59 Å². The molecule has 0 saturated carbocycles. The quantitative estimate of drug-likeness (QED) is 0.897. The Morgan fingerprint density at radius 1 is 1.32 bits per heavy atom. The number of carbonyl (C=O) groups excluding carboxylic acids is 2. The third kappa shape index (κ3) is 3.18. The van der Waals surface area contributed by atoms with E-state index in [4.69, 9.17) is 16.3 Å². The summed E-state index contributed by atoms with van der Waals surface area (Å²) < 4.78 is 5.39. The summed E-state index contributed by atoms with van der Waals surface area (Å²) in [5.74, 6) is 0.547. The van der Waals surface area contributed by atoms with Crippen molar-refractivity contribution < 1.29 is 14.3 Å². The van der Waals surface area contributed by atoms with Crippen LogP contribution in [0.4, 0.5) is 5.69 Å². The van der Waals surface area contributed by atoms with Crippen molar-refractivity contribution in [2.24, 2.45) is 0 Å². The van der Waals surface area contributed by atoms with Crippen molar-refractivity contribution in [3.8, 4) is 5.75 Å². The summed E-state index contributed by atoms with van der Waals surface area (Å²) in [5, 5.41) is 3.75. The number of nitrogens with zero attached hydrogens (tertiary/aromatic N) is 2. The largest absolute Gasteiger partial charge is 0.482 e. The van der Waals surface area contributed by atoms with E-state index in [2.05, 4.69) is 5.32 Å². The highest BCUT2D eigenvalue weighted by Gasteiger charge is 2.27. The molecule has 0 unspecified atom stereocenters. The van der Waals surface area contributed by atoms with Crippen molar-refractivity contribution in [1.29, 1.82) is 0 Å². The van der Waals surface area contributed by atoms with Gasteiger partial charge in [0.2, 0.25) is 5.91 Å². The highest BCUT2D eigenvalue weighted by molar-refractivity contribution is 6.31. The first-order chi connectivity index (χ1) is 10.6. The molecule has 6 nitrogen and oxygen atoms in total. The maximum absolute atomic E-state index is 12.2. The van der Waals surface area contributed by atoms with E-state index in [1.54, 1.807) is 23.1 Å². The van der Waals surface area contributed by atoms with Crippen LogP contribution in [0.3, 0.4) is 0 Å². The Labute approximate surface area is 134 Å². The Balaban J connectivity index is 1.68. The van der Waals surface area contributed by atoms with E-state index in [1.807, 2.05) is 4.90 Å². The van der Waals surface area contributed by atoms with Gasteiger partial charge in [-0.2, -0.15) is 0 Å². The van der Waals surface area contributed by atoms with Gasteiger partial charge in [-0.15, -0.1) is 0 Å². The van der Waals surface area contributed by atoms with E-state index in [-0.39, 0.29) is 18.4 Å². The summed E-state index contributed by atoms with van der Waals surface area (Å²) in [4.78, 5) is 27.7. The number of halogens is 1. The minimum absolute atomic E-state index is 0.00351. The number of nitrogens with one attached hydrogen (secondary N) is 1. The highest BCUT2D eigenvalue weighted by Crippen LogP contribution is 2.34. The smallest absolute Gasteiger partial charge is 0.265 e. The average molecular weight is 324 g/mol. The predicted octanol–water partition coefficient (Wildman–Crippen LogP) is 0.887. The molecule has 2 aliphatic rings. The van der Waals surface area contributed by atoms with Gasteiger partial charge in [0, 0.05) is 44.2 Å². The average Bonchev–Trinajstić information content (AvgIpc) is 2.54. The lowest BCUT2D eigenvalue weighted by Crippen LogP contribution is -2.48. The molecule has 1 aromatic rings. The molecule has 7 heteroatoms. The maximum atomic E-state index is 12.2. The number of carbonyl (C=O) groups is 2. The van der Waals surface area contributed by atoms with Gasteiger partial charge in [0.05, 0.1) is 5.69 Å². The third-order valence-electron chi connectivity index (χ3n) is 3.88. The normalized spacial score (nSPS) is 18.0. The van der Waals surface area contributed by atoms with Crippen molar-refractivity contribution in [3.05, 3.63) is 23.2 Å². The Morgan fingerprint density at radius 3 is 2.86 bits per heavy atom. The van der Waals surface area contributed by atoms with Gasteiger partial charge in [-0.1, -0.05) is 11.6 Å². The second-order valence-corrected chi connectivity index (χ2v) is 5.76. The number of fused-ring (bicyclic) bond motifs is 1. The molecule has 22 heavy (non-hydrogen) atoms. The second-order valence-electron chi connectivity index (χ2n) is 5.33. The van der Waals surface area contributed by atoms with E-state index in [0.717, 1.165) is 26.2 Å². The van der Waals surface area contributed by atoms with Gasteiger partial charge in [-0.25, -0.2) is 0 Å². The lowest BCUT2D eigenvalue weighted by Gasteiger charge is -2.31. The molecule has 2 aliphatic heterocycles. The van der Waals surface area contributed by atoms with Crippen LogP contribution in [0, 0.1) is 0 Å². The summed E-state index contributed by atoms with van der Waals surface area (Å²) in [7, 11) is 0. The van der Waals surface area contributed by atoms with Crippen LogP contribution in [-0.4, -0.2) is 56.0 Å². The molecule has 3 rings (SSSR count). The Hall–Kier alpha value is -1.79. The van der Waals surface area contributed by atoms with E-state index in [1.165, 1.54) is 0 Å². The lowest BCUT2D eigenvalue weighted by atomic mass is 10.2. The molecule has 1 fully saturated rings. The zero-order valence-corrected chi connectivity index (χ0v) is 12.9. The summed E-state index contributed by atoms with van der Waals surface area (Å²) in [5.41, 5.74) is 0.636. The van der Waals surface area contributed by atoms with Crippen molar-refractivity contribution >= 4 is 29.1 Å². The highest BCUT2D eigenvalue weighted by atomic mass is 35.5. The fraction of sp³-hybridized carbons (Fsp3) is 0.467. The predicted molar refractivity (Wildman–Crippen MR) is 83.4 cm³/mol. The van der Waals surface area contributed by atoms with Crippen LogP contribution in [0.5, 0.6) is 5.75 Å². The first-order valence-electron chi connectivity index (χ1n) is 7.36. The molecule has 2 amide bonds. The number of hydrogen-bond acceptors (Lipinski definition) is 4. The molecule has 0 atom stereocenters. The zero-order chi connectivity index (χ0) is 15.5. The monoisotopic (exact) mass is 323 g/mol. The number of amides is 2. The van der Waals surface area contributed by atoms with Crippen LogP contribution in [0.2, 0.25) is 5.02 Å². The Bertz CT molecular complexity index is 587. The zero-order valence-electron chi connectivity index (χ0n) is 12.2. The summed E-state index contributed by atoms with van der Waals surface area (Å²) in [6, 6.07) is 5.17. The minimum atomic E-state index is -0.150. The topological polar surface area (TPSA) is 61.9 Å². The molecule has 0 aromatic heterocycles. The van der Waals surface area contributed by atoms with E-state index in [9.17, 15) is 9.59 Å². The lowest BCUT2D eigenvalue weighted by molar-refractivity contribution is -0.131. The molecule has 0 spiro atoms. The third-order valence-corrected chi connectivity index (χ3v) is 4.12. The van der Waals surface area contributed by atoms with Gasteiger partial charge in [-0.05, 0) is 18.2 Å². The number of hydrogen-bond donors (Lipinski definition) is 1. The second kappa shape index (κ2) is 6.54. The van der Waals surface area contributed by atoms with Crippen LogP contribution in [-0.2, 0) is 9.59 Å². The van der Waals surface area contributed by atoms with Crippen LogP contribution < -0.4 is 15.0 Å². The summed E-state index contributed by atoms with van der Waals surface area (Å²) in [6.45, 7) is 3.42. The molecule has 0 aliphatic carbocycles. The molecule has 0 bridgehead atoms. The van der Waals surface area contributed by atoms with E-state index >= 15 is 0 Å². The first kappa shape index (κ1) is 15.1. The van der Waals surface area contributed by atoms with Crippen molar-refractivity contribution in [1.82, 2.24) is 10.2 Å². The number of piperazine rings is 1. The molecule has 1 saturated heterocycles. The number of ether oxygens (including phenoxy) is 1. The standard InChI is InChI=1S/C15H18ClN3O3/c16-11-1-2-13-12(9-11)19(15(21)10-22-13)6-3-14(20)18-7-4-17-5-8-18/h1-2,9,17H,3-8,10H2.